The van der Waals surface area contributed by atoms with Crippen molar-refractivity contribution in [3.63, 3.8) is 0 Å². The van der Waals surface area contributed by atoms with Crippen LogP contribution in [0.3, 0.4) is 0 Å². The molecular formula is C12H21N3O4. The van der Waals surface area contributed by atoms with Crippen LogP contribution in [0.5, 0.6) is 0 Å². The van der Waals surface area contributed by atoms with E-state index < -0.39 is 12.0 Å². The predicted molar refractivity (Wildman–Crippen MR) is 68.4 cm³/mol. The smallest absolute Gasteiger partial charge is 0.326 e. The lowest BCUT2D eigenvalue weighted by Gasteiger charge is -2.31. The van der Waals surface area contributed by atoms with Crippen molar-refractivity contribution in [1.82, 2.24) is 10.2 Å². The van der Waals surface area contributed by atoms with E-state index in [9.17, 15) is 14.4 Å². The van der Waals surface area contributed by atoms with Gasteiger partial charge in [-0.1, -0.05) is 13.3 Å². The number of primary amides is 1. The van der Waals surface area contributed by atoms with Gasteiger partial charge in [-0.3, -0.25) is 4.79 Å². The van der Waals surface area contributed by atoms with E-state index in [1.807, 2.05) is 6.92 Å². The van der Waals surface area contributed by atoms with E-state index >= 15 is 0 Å². The number of amides is 3. The van der Waals surface area contributed by atoms with Gasteiger partial charge in [0.05, 0.1) is 0 Å². The topological polar surface area (TPSA) is 113 Å². The van der Waals surface area contributed by atoms with Gasteiger partial charge in [0.15, 0.2) is 0 Å². The summed E-state index contributed by atoms with van der Waals surface area (Å²) in [6, 6.07) is -1.24. The number of likely N-dealkylation sites (tertiary alicyclic amines) is 1. The normalized spacial score (nSPS) is 17.8. The van der Waals surface area contributed by atoms with Crippen molar-refractivity contribution in [2.75, 3.05) is 13.1 Å². The average Bonchev–Trinajstić information content (AvgIpc) is 2.38. The van der Waals surface area contributed by atoms with Crippen LogP contribution in [0, 0.1) is 5.92 Å². The van der Waals surface area contributed by atoms with Gasteiger partial charge < -0.3 is 21.1 Å². The van der Waals surface area contributed by atoms with Crippen molar-refractivity contribution >= 4 is 17.9 Å². The number of hydrogen-bond donors (Lipinski definition) is 3. The summed E-state index contributed by atoms with van der Waals surface area (Å²) < 4.78 is 0. The third-order valence-electron chi connectivity index (χ3n) is 3.36. The second-order valence-electron chi connectivity index (χ2n) is 4.79. The minimum absolute atomic E-state index is 0.185. The fourth-order valence-electron chi connectivity index (χ4n) is 2.15. The summed E-state index contributed by atoms with van der Waals surface area (Å²) in [5.41, 5.74) is 5.21. The van der Waals surface area contributed by atoms with Crippen LogP contribution < -0.4 is 11.1 Å². The standard InChI is InChI=1S/C12H21N3O4/c1-2-3-9(11(17)18)14-12(19)15-6-4-8(5-7-15)10(13)16/h8-9H,2-7H2,1H3,(H2,13,16)(H,14,19)(H,17,18)/t9-/m1/s1. The summed E-state index contributed by atoms with van der Waals surface area (Å²) in [7, 11) is 0. The first-order valence-corrected chi connectivity index (χ1v) is 6.53. The Kier molecular flexibility index (Phi) is 5.59. The third-order valence-corrected chi connectivity index (χ3v) is 3.36. The molecule has 4 N–H and O–H groups in total. The molecule has 1 atom stereocenters. The number of nitrogens with two attached hydrogens (primary N) is 1. The molecule has 1 saturated heterocycles. The number of carbonyl (C=O) groups is 3. The van der Waals surface area contributed by atoms with E-state index in [0.29, 0.717) is 38.8 Å². The highest BCUT2D eigenvalue weighted by Gasteiger charge is 2.28. The highest BCUT2D eigenvalue weighted by molar-refractivity contribution is 5.83. The van der Waals surface area contributed by atoms with Crippen molar-refractivity contribution in [1.29, 1.82) is 0 Å². The van der Waals surface area contributed by atoms with E-state index in [0.717, 1.165) is 0 Å². The molecular weight excluding hydrogens is 250 g/mol. The summed E-state index contributed by atoms with van der Waals surface area (Å²) in [4.78, 5) is 35.4. The first-order valence-electron chi connectivity index (χ1n) is 6.53. The number of urea groups is 1. The second-order valence-corrected chi connectivity index (χ2v) is 4.79. The van der Waals surface area contributed by atoms with Crippen molar-refractivity contribution in [2.45, 2.75) is 38.6 Å². The van der Waals surface area contributed by atoms with Crippen LogP contribution in [0.4, 0.5) is 4.79 Å². The van der Waals surface area contributed by atoms with Gasteiger partial charge >= 0.3 is 12.0 Å². The molecule has 1 heterocycles. The van der Waals surface area contributed by atoms with Crippen LogP contribution in [0.15, 0.2) is 0 Å². The molecule has 3 amide bonds. The summed E-state index contributed by atoms with van der Waals surface area (Å²) in [6.07, 6.45) is 2.16. The zero-order chi connectivity index (χ0) is 14.4. The average molecular weight is 271 g/mol. The van der Waals surface area contributed by atoms with Gasteiger partial charge in [0.1, 0.15) is 6.04 Å². The summed E-state index contributed by atoms with van der Waals surface area (Å²) in [5, 5.41) is 11.5. The largest absolute Gasteiger partial charge is 0.480 e. The molecule has 0 saturated carbocycles. The van der Waals surface area contributed by atoms with Gasteiger partial charge in [-0.05, 0) is 19.3 Å². The number of rotatable bonds is 5. The maximum atomic E-state index is 11.9. The molecule has 0 unspecified atom stereocenters. The number of hydrogen-bond acceptors (Lipinski definition) is 3. The van der Waals surface area contributed by atoms with Gasteiger partial charge in [-0.25, -0.2) is 9.59 Å². The van der Waals surface area contributed by atoms with E-state index in [1.165, 1.54) is 4.90 Å². The number of carbonyl (C=O) groups excluding carboxylic acids is 2. The number of carboxylic acid groups (broad SMARTS) is 1. The summed E-state index contributed by atoms with van der Waals surface area (Å²) in [6.45, 7) is 2.72. The Labute approximate surface area is 112 Å². The second kappa shape index (κ2) is 6.96. The number of aliphatic carboxylic acids is 1. The maximum Gasteiger partial charge on any atom is 0.326 e. The minimum atomic E-state index is -1.03. The minimum Gasteiger partial charge on any atom is -0.480 e. The molecule has 0 aromatic carbocycles. The van der Waals surface area contributed by atoms with E-state index in [-0.39, 0.29) is 17.9 Å². The lowest BCUT2D eigenvalue weighted by Crippen LogP contribution is -2.51. The molecule has 0 aromatic heterocycles. The zero-order valence-corrected chi connectivity index (χ0v) is 11.1. The first kappa shape index (κ1) is 15.3. The highest BCUT2D eigenvalue weighted by atomic mass is 16.4. The predicted octanol–water partition coefficient (Wildman–Crippen LogP) is 0.147. The molecule has 0 spiro atoms. The number of nitrogens with zero attached hydrogens (tertiary/aromatic N) is 1. The van der Waals surface area contributed by atoms with Crippen molar-refractivity contribution in [3.8, 4) is 0 Å². The van der Waals surface area contributed by atoms with Gasteiger partial charge in [-0.2, -0.15) is 0 Å². The van der Waals surface area contributed by atoms with Crippen LogP contribution in [-0.2, 0) is 9.59 Å². The quantitative estimate of drug-likeness (QED) is 0.660. The molecule has 19 heavy (non-hydrogen) atoms. The fourth-order valence-corrected chi connectivity index (χ4v) is 2.15. The van der Waals surface area contributed by atoms with E-state index in [2.05, 4.69) is 5.32 Å². The van der Waals surface area contributed by atoms with Crippen LogP contribution in [-0.4, -0.2) is 47.0 Å². The monoisotopic (exact) mass is 271 g/mol. The van der Waals surface area contributed by atoms with Gasteiger partial charge in [-0.15, -0.1) is 0 Å². The van der Waals surface area contributed by atoms with Crippen molar-refractivity contribution in [3.05, 3.63) is 0 Å². The number of nitrogens with one attached hydrogen (secondary N) is 1. The molecule has 1 rings (SSSR count). The van der Waals surface area contributed by atoms with Gasteiger partial charge in [0.25, 0.3) is 0 Å². The Morgan fingerprint density at radius 1 is 1.37 bits per heavy atom. The molecule has 7 heteroatoms. The molecule has 1 aliphatic rings. The maximum absolute atomic E-state index is 11.9. The van der Waals surface area contributed by atoms with Gasteiger partial charge in [0.2, 0.25) is 5.91 Å². The molecule has 0 aromatic rings. The Bertz CT molecular complexity index is 351. The number of carboxylic acids is 1. The zero-order valence-electron chi connectivity index (χ0n) is 11.1. The Balaban J connectivity index is 2.46. The van der Waals surface area contributed by atoms with Crippen molar-refractivity contribution in [2.24, 2.45) is 11.7 Å². The molecule has 0 radical (unpaired) electrons. The number of piperidine rings is 1. The molecule has 1 fully saturated rings. The first-order chi connectivity index (χ1) is 8.95. The van der Waals surface area contributed by atoms with Crippen LogP contribution in [0.2, 0.25) is 0 Å². The van der Waals surface area contributed by atoms with Crippen molar-refractivity contribution < 1.29 is 19.5 Å². The Morgan fingerprint density at radius 3 is 2.37 bits per heavy atom. The highest BCUT2D eigenvalue weighted by Crippen LogP contribution is 2.16. The Morgan fingerprint density at radius 2 is 1.95 bits per heavy atom. The van der Waals surface area contributed by atoms with Crippen LogP contribution in [0.25, 0.3) is 0 Å². The lowest BCUT2D eigenvalue weighted by atomic mass is 9.96. The van der Waals surface area contributed by atoms with Crippen LogP contribution >= 0.6 is 0 Å². The molecule has 1 aliphatic heterocycles. The molecule has 0 bridgehead atoms. The molecule has 7 nitrogen and oxygen atoms in total. The van der Waals surface area contributed by atoms with E-state index in [1.54, 1.807) is 0 Å². The SMILES string of the molecule is CCC[C@@H](NC(=O)N1CCC(C(N)=O)CC1)C(=O)O. The summed E-state index contributed by atoms with van der Waals surface area (Å²) in [5.74, 6) is -1.55. The molecule has 0 aliphatic carbocycles. The van der Waals surface area contributed by atoms with Crippen LogP contribution in [0.1, 0.15) is 32.6 Å². The third kappa shape index (κ3) is 4.42. The Hall–Kier alpha value is -1.79. The summed E-state index contributed by atoms with van der Waals surface area (Å²) >= 11 is 0. The van der Waals surface area contributed by atoms with E-state index in [4.69, 9.17) is 10.8 Å². The fraction of sp³-hybridized carbons (Fsp3) is 0.750. The lowest BCUT2D eigenvalue weighted by molar-refractivity contribution is -0.139. The molecule has 108 valence electrons. The van der Waals surface area contributed by atoms with Gasteiger partial charge in [0, 0.05) is 19.0 Å².